The topological polar surface area (TPSA) is 73.6 Å². The second-order valence-corrected chi connectivity index (χ2v) is 13.4. The Bertz CT molecular complexity index is 2650. The van der Waals surface area contributed by atoms with E-state index in [-0.39, 0.29) is 11.0 Å². The average Bonchev–Trinajstić information content (AvgIpc) is 3.55. The molecule has 2 aliphatic rings. The molecule has 0 atom stereocenters. The van der Waals surface area contributed by atoms with E-state index in [4.69, 9.17) is 4.42 Å². The predicted octanol–water partition coefficient (Wildman–Crippen LogP) is 9.19. The van der Waals surface area contributed by atoms with Crippen molar-refractivity contribution in [3.63, 3.8) is 0 Å². The molecule has 1 spiro atoms. The van der Waals surface area contributed by atoms with Crippen LogP contribution in [0.4, 0.5) is 13.2 Å². The van der Waals surface area contributed by atoms with E-state index in [0.717, 1.165) is 39.9 Å². The van der Waals surface area contributed by atoms with Crippen LogP contribution in [0.25, 0.3) is 55.1 Å². The lowest BCUT2D eigenvalue weighted by atomic mass is 9.70. The molecule has 0 saturated carbocycles. The smallest absolute Gasteiger partial charge is 0.422 e. The van der Waals surface area contributed by atoms with Gasteiger partial charge in [0, 0.05) is 10.8 Å². The van der Waals surface area contributed by atoms with Gasteiger partial charge in [0.25, 0.3) is 0 Å². The van der Waals surface area contributed by atoms with Crippen LogP contribution >= 0.6 is 0 Å². The van der Waals surface area contributed by atoms with Crippen LogP contribution in [-0.2, 0) is 15.5 Å². The summed E-state index contributed by atoms with van der Waals surface area (Å²) in [5.74, 6) is -0.648. The maximum absolute atomic E-state index is 13.1. The second kappa shape index (κ2) is 9.68. The van der Waals surface area contributed by atoms with Crippen molar-refractivity contribution in [2.45, 2.75) is 10.9 Å². The van der Waals surface area contributed by atoms with Crippen LogP contribution in [0.1, 0.15) is 22.3 Å². The van der Waals surface area contributed by atoms with Crippen LogP contribution in [0.5, 0.6) is 5.75 Å². The largest absolute Gasteiger partial charge is 0.534 e. The van der Waals surface area contributed by atoms with Crippen LogP contribution in [0, 0.1) is 0 Å². The number of hydrogen-bond donors (Lipinski definition) is 0. The summed E-state index contributed by atoms with van der Waals surface area (Å²) in [6.45, 7) is 0. The van der Waals surface area contributed by atoms with Crippen molar-refractivity contribution in [2.75, 3.05) is 0 Å². The maximum Gasteiger partial charge on any atom is 0.534 e. The molecule has 1 heterocycles. The Morgan fingerprint density at radius 1 is 0.583 bits per heavy atom. The number of halogens is 3. The Labute approximate surface area is 271 Å². The summed E-state index contributed by atoms with van der Waals surface area (Å²) >= 11 is 0. The molecular formula is C39H21F3O5S. The van der Waals surface area contributed by atoms with Gasteiger partial charge in [-0.15, -0.1) is 0 Å². The molecule has 48 heavy (non-hydrogen) atoms. The number of alkyl halides is 3. The van der Waals surface area contributed by atoms with Crippen LogP contribution in [0.15, 0.2) is 137 Å². The van der Waals surface area contributed by atoms with Crippen molar-refractivity contribution in [3.8, 4) is 39.1 Å². The van der Waals surface area contributed by atoms with Crippen LogP contribution in [0.3, 0.4) is 0 Å². The third-order valence-corrected chi connectivity index (χ3v) is 10.5. The molecular weight excluding hydrogens is 637 g/mol. The first-order valence-corrected chi connectivity index (χ1v) is 16.4. The molecule has 0 saturated heterocycles. The predicted molar refractivity (Wildman–Crippen MR) is 177 cm³/mol. The van der Waals surface area contributed by atoms with Crippen molar-refractivity contribution < 1.29 is 30.2 Å². The van der Waals surface area contributed by atoms with E-state index in [2.05, 4.69) is 77.0 Å². The third-order valence-electron chi connectivity index (χ3n) is 9.51. The van der Waals surface area contributed by atoms with Crippen molar-refractivity contribution in [2.24, 2.45) is 0 Å². The standard InChI is InChI=1S/C39H21F3O5S/c40-39(41,42)48(44,45)47-23-17-19-25-28-18-16-22(20-35(28)46-37(43)30(25)21-23)24-11-7-15-34-36(24)29-10-3-6-14-33(29)38(34)31-12-4-1-8-26(31)27-9-2-5-13-32(27)38/h1-21H. The molecule has 0 N–H and O–H groups in total. The average molecular weight is 659 g/mol. The minimum atomic E-state index is -5.91. The van der Waals surface area contributed by atoms with Gasteiger partial charge in [-0.05, 0) is 86.0 Å². The molecule has 0 radical (unpaired) electrons. The van der Waals surface area contributed by atoms with Gasteiger partial charge in [0.05, 0.1) is 10.8 Å². The van der Waals surface area contributed by atoms with Gasteiger partial charge in [0.1, 0.15) is 11.3 Å². The zero-order valence-electron chi connectivity index (χ0n) is 24.7. The van der Waals surface area contributed by atoms with Gasteiger partial charge in [-0.1, -0.05) is 97.1 Å². The van der Waals surface area contributed by atoms with Gasteiger partial charge in [0.15, 0.2) is 0 Å². The van der Waals surface area contributed by atoms with Crippen LogP contribution < -0.4 is 9.81 Å². The van der Waals surface area contributed by atoms with Crippen molar-refractivity contribution in [1.29, 1.82) is 0 Å². The summed E-state index contributed by atoms with van der Waals surface area (Å²) < 4.78 is 71.7. The monoisotopic (exact) mass is 658 g/mol. The first-order chi connectivity index (χ1) is 23.1. The van der Waals surface area contributed by atoms with Crippen molar-refractivity contribution >= 4 is 31.9 Å². The molecule has 9 rings (SSSR count). The third kappa shape index (κ3) is 3.73. The fourth-order valence-electron chi connectivity index (χ4n) is 7.69. The van der Waals surface area contributed by atoms with E-state index in [1.165, 1.54) is 33.9 Å². The van der Waals surface area contributed by atoms with E-state index in [1.54, 1.807) is 12.1 Å². The summed E-state index contributed by atoms with van der Waals surface area (Å²) in [4.78, 5) is 13.1. The fraction of sp³-hybridized carbons (Fsp3) is 0.0513. The summed E-state index contributed by atoms with van der Waals surface area (Å²) in [6, 6.07) is 40.6. The molecule has 7 aromatic rings. The highest BCUT2D eigenvalue weighted by atomic mass is 32.2. The minimum Gasteiger partial charge on any atom is -0.422 e. The number of fused-ring (bicyclic) bond motifs is 13. The number of hydrogen-bond acceptors (Lipinski definition) is 5. The van der Waals surface area contributed by atoms with Gasteiger partial charge >= 0.3 is 21.3 Å². The van der Waals surface area contributed by atoms with Gasteiger partial charge in [-0.25, -0.2) is 4.79 Å². The minimum absolute atomic E-state index is 0.111. The second-order valence-electron chi connectivity index (χ2n) is 11.9. The molecule has 5 nitrogen and oxygen atoms in total. The molecule has 1 aromatic heterocycles. The normalized spacial score (nSPS) is 14.1. The highest BCUT2D eigenvalue weighted by Crippen LogP contribution is 2.63. The Morgan fingerprint density at radius 3 is 1.81 bits per heavy atom. The Hall–Kier alpha value is -5.67. The summed E-state index contributed by atoms with van der Waals surface area (Å²) in [6.07, 6.45) is 0. The highest BCUT2D eigenvalue weighted by Gasteiger charge is 2.52. The maximum atomic E-state index is 13.1. The Kier molecular flexibility index (Phi) is 5.76. The van der Waals surface area contributed by atoms with Gasteiger partial charge in [-0.2, -0.15) is 21.6 Å². The SMILES string of the molecule is O=c1oc2cc(-c3cccc4c3-c3ccccc3C43c4ccccc4-c4ccccc43)ccc2c2ccc(OS(=O)(=O)C(F)(F)F)cc12. The Balaban J connectivity index is 1.24. The fourth-order valence-corrected chi connectivity index (χ4v) is 8.14. The van der Waals surface area contributed by atoms with Crippen molar-refractivity contribution in [3.05, 3.63) is 160 Å². The molecule has 0 unspecified atom stereocenters. The molecule has 234 valence electrons. The zero-order chi connectivity index (χ0) is 33.0. The van der Waals surface area contributed by atoms with Crippen LogP contribution in [0.2, 0.25) is 0 Å². The van der Waals surface area contributed by atoms with E-state index in [9.17, 15) is 26.4 Å². The highest BCUT2D eigenvalue weighted by molar-refractivity contribution is 7.88. The lowest BCUT2D eigenvalue weighted by Gasteiger charge is -2.30. The van der Waals surface area contributed by atoms with Crippen LogP contribution in [-0.4, -0.2) is 13.9 Å². The molecule has 0 bridgehead atoms. The summed E-state index contributed by atoms with van der Waals surface area (Å²) in [5.41, 5.74) is 4.42. The molecule has 0 amide bonds. The molecule has 9 heteroatoms. The first-order valence-electron chi connectivity index (χ1n) is 15.0. The van der Waals surface area contributed by atoms with E-state index < -0.39 is 32.4 Å². The van der Waals surface area contributed by atoms with Gasteiger partial charge in [0.2, 0.25) is 0 Å². The summed E-state index contributed by atoms with van der Waals surface area (Å²) in [5, 5.41) is 0.799. The molecule has 2 aliphatic carbocycles. The lowest BCUT2D eigenvalue weighted by molar-refractivity contribution is -0.0500. The van der Waals surface area contributed by atoms with E-state index >= 15 is 0 Å². The lowest BCUT2D eigenvalue weighted by Crippen LogP contribution is -2.28. The number of rotatable bonds is 3. The van der Waals surface area contributed by atoms with Gasteiger partial charge in [-0.3, -0.25) is 0 Å². The Morgan fingerprint density at radius 2 is 1.15 bits per heavy atom. The van der Waals surface area contributed by atoms with Gasteiger partial charge < -0.3 is 8.60 Å². The quantitative estimate of drug-likeness (QED) is 0.0819. The zero-order valence-corrected chi connectivity index (χ0v) is 25.5. The molecule has 0 aliphatic heterocycles. The summed E-state index contributed by atoms with van der Waals surface area (Å²) in [7, 11) is -5.91. The molecule has 0 fully saturated rings. The first kappa shape index (κ1) is 28.5. The number of benzene rings is 6. The van der Waals surface area contributed by atoms with Crippen molar-refractivity contribution in [1.82, 2.24) is 0 Å². The van der Waals surface area contributed by atoms with E-state index in [1.807, 2.05) is 24.3 Å². The molecule has 6 aromatic carbocycles. The van der Waals surface area contributed by atoms with E-state index in [0.29, 0.717) is 10.8 Å².